The van der Waals surface area contributed by atoms with E-state index >= 15 is 0 Å². The molecule has 0 aromatic carbocycles. The molecule has 0 amide bonds. The Kier molecular flexibility index (Phi) is 6.37. The molecule has 0 saturated heterocycles. The first-order valence-corrected chi connectivity index (χ1v) is 7.00. The maximum absolute atomic E-state index is 5.97. The first kappa shape index (κ1) is 14.0. The zero-order valence-electron chi connectivity index (χ0n) is 11.5. The molecule has 1 fully saturated rings. The Morgan fingerprint density at radius 1 is 1.19 bits per heavy atom. The first-order chi connectivity index (χ1) is 7.65. The molecule has 0 aromatic heterocycles. The molecule has 0 aromatic rings. The maximum atomic E-state index is 5.97. The third-order valence-electron chi connectivity index (χ3n) is 3.91. The molecule has 0 bridgehead atoms. The van der Waals surface area contributed by atoms with Crippen LogP contribution in [-0.2, 0) is 4.74 Å². The van der Waals surface area contributed by atoms with Gasteiger partial charge in [0.2, 0.25) is 0 Å². The second-order valence-electron chi connectivity index (χ2n) is 5.49. The van der Waals surface area contributed by atoms with E-state index in [1.807, 2.05) is 0 Å². The van der Waals surface area contributed by atoms with Crippen LogP contribution >= 0.6 is 0 Å². The van der Waals surface area contributed by atoms with Gasteiger partial charge in [-0.25, -0.2) is 0 Å². The van der Waals surface area contributed by atoms with E-state index in [0.717, 1.165) is 19.1 Å². The number of nitrogens with one attached hydrogen (secondary N) is 1. The third-order valence-corrected chi connectivity index (χ3v) is 3.91. The van der Waals surface area contributed by atoms with E-state index in [1.54, 1.807) is 0 Å². The third kappa shape index (κ3) is 4.42. The van der Waals surface area contributed by atoms with Crippen LogP contribution in [0.1, 0.15) is 53.4 Å². The maximum Gasteiger partial charge on any atom is 0.0626 e. The molecule has 0 heterocycles. The van der Waals surface area contributed by atoms with Gasteiger partial charge in [-0.05, 0) is 38.1 Å². The van der Waals surface area contributed by atoms with Crippen molar-refractivity contribution in [1.82, 2.24) is 5.32 Å². The van der Waals surface area contributed by atoms with Crippen LogP contribution in [0.4, 0.5) is 0 Å². The molecule has 2 atom stereocenters. The van der Waals surface area contributed by atoms with Gasteiger partial charge in [0, 0.05) is 6.04 Å². The smallest absolute Gasteiger partial charge is 0.0626 e. The van der Waals surface area contributed by atoms with Crippen molar-refractivity contribution in [1.29, 1.82) is 0 Å². The van der Waals surface area contributed by atoms with Crippen molar-refractivity contribution >= 4 is 0 Å². The van der Waals surface area contributed by atoms with Crippen LogP contribution < -0.4 is 5.32 Å². The van der Waals surface area contributed by atoms with Crippen LogP contribution in [0.2, 0.25) is 0 Å². The van der Waals surface area contributed by atoms with Crippen LogP contribution in [0, 0.1) is 11.8 Å². The van der Waals surface area contributed by atoms with E-state index < -0.39 is 0 Å². The van der Waals surface area contributed by atoms with Gasteiger partial charge in [0.25, 0.3) is 0 Å². The molecule has 0 radical (unpaired) electrons. The summed E-state index contributed by atoms with van der Waals surface area (Å²) in [5.74, 6) is 1.46. The van der Waals surface area contributed by atoms with Crippen molar-refractivity contribution in [3.8, 4) is 0 Å². The summed E-state index contributed by atoms with van der Waals surface area (Å²) in [5.41, 5.74) is 0. The minimum atomic E-state index is 0.377. The van der Waals surface area contributed by atoms with Gasteiger partial charge in [-0.15, -0.1) is 0 Å². The predicted molar refractivity (Wildman–Crippen MR) is 69.7 cm³/mol. The molecule has 2 nitrogen and oxygen atoms in total. The Morgan fingerprint density at radius 3 is 2.31 bits per heavy atom. The molecule has 0 aliphatic heterocycles. The molecule has 96 valence electrons. The monoisotopic (exact) mass is 227 g/mol. The fraction of sp³-hybridized carbons (Fsp3) is 1.00. The number of likely N-dealkylation sites (N-methyl/N-ethyl adjacent to an activating group) is 1. The number of hydrogen-bond acceptors (Lipinski definition) is 2. The molecule has 2 unspecified atom stereocenters. The normalized spacial score (nSPS) is 21.6. The summed E-state index contributed by atoms with van der Waals surface area (Å²) in [5, 5.41) is 3.59. The number of rotatable bonds is 7. The minimum Gasteiger partial charge on any atom is -0.377 e. The molecule has 1 saturated carbocycles. The summed E-state index contributed by atoms with van der Waals surface area (Å²) in [6.07, 6.45) is 5.97. The van der Waals surface area contributed by atoms with Gasteiger partial charge in [0.15, 0.2) is 0 Å². The minimum absolute atomic E-state index is 0.377. The standard InChI is InChI=1S/C14H29NO/c1-5-15-14(13-8-6-7-9-13)10-16-12(4)11(2)3/h11-15H,5-10H2,1-4H3. The Hall–Kier alpha value is -0.0800. The van der Waals surface area contributed by atoms with Crippen molar-refractivity contribution in [2.24, 2.45) is 11.8 Å². The van der Waals surface area contributed by atoms with Crippen LogP contribution in [0.3, 0.4) is 0 Å². The average Bonchev–Trinajstić information content (AvgIpc) is 2.76. The molecular formula is C14H29NO. The Morgan fingerprint density at radius 2 is 1.81 bits per heavy atom. The lowest BCUT2D eigenvalue weighted by molar-refractivity contribution is 0.0132. The fourth-order valence-electron chi connectivity index (χ4n) is 2.43. The molecule has 1 aliphatic carbocycles. The summed E-state index contributed by atoms with van der Waals surface area (Å²) in [4.78, 5) is 0. The lowest BCUT2D eigenvalue weighted by Crippen LogP contribution is -2.40. The molecule has 0 spiro atoms. The van der Waals surface area contributed by atoms with Gasteiger partial charge < -0.3 is 10.1 Å². The van der Waals surface area contributed by atoms with Gasteiger partial charge in [-0.3, -0.25) is 0 Å². The van der Waals surface area contributed by atoms with Gasteiger partial charge in [0.05, 0.1) is 12.7 Å². The fourth-order valence-corrected chi connectivity index (χ4v) is 2.43. The highest BCUT2D eigenvalue weighted by molar-refractivity contribution is 4.80. The van der Waals surface area contributed by atoms with Crippen LogP contribution in [-0.4, -0.2) is 25.3 Å². The Bertz CT molecular complexity index is 176. The molecular weight excluding hydrogens is 198 g/mol. The lowest BCUT2D eigenvalue weighted by Gasteiger charge is -2.27. The zero-order valence-corrected chi connectivity index (χ0v) is 11.5. The Labute approximate surface area is 101 Å². The van der Waals surface area contributed by atoms with Gasteiger partial charge in [-0.2, -0.15) is 0 Å². The highest BCUT2D eigenvalue weighted by Crippen LogP contribution is 2.28. The lowest BCUT2D eigenvalue weighted by atomic mass is 9.98. The van der Waals surface area contributed by atoms with Crippen LogP contribution in [0.15, 0.2) is 0 Å². The van der Waals surface area contributed by atoms with E-state index in [-0.39, 0.29) is 0 Å². The van der Waals surface area contributed by atoms with Crippen molar-refractivity contribution < 1.29 is 4.74 Å². The summed E-state index contributed by atoms with van der Waals surface area (Å²) in [6.45, 7) is 10.8. The highest BCUT2D eigenvalue weighted by atomic mass is 16.5. The second kappa shape index (κ2) is 7.29. The summed E-state index contributed by atoms with van der Waals surface area (Å²) in [6, 6.07) is 0.578. The molecule has 1 N–H and O–H groups in total. The summed E-state index contributed by atoms with van der Waals surface area (Å²) in [7, 11) is 0. The number of hydrogen-bond donors (Lipinski definition) is 1. The molecule has 16 heavy (non-hydrogen) atoms. The average molecular weight is 227 g/mol. The van der Waals surface area contributed by atoms with Crippen LogP contribution in [0.25, 0.3) is 0 Å². The van der Waals surface area contributed by atoms with Gasteiger partial charge in [-0.1, -0.05) is 33.6 Å². The van der Waals surface area contributed by atoms with E-state index in [2.05, 4.69) is 33.0 Å². The van der Waals surface area contributed by atoms with Gasteiger partial charge >= 0.3 is 0 Å². The molecule has 1 aliphatic rings. The summed E-state index contributed by atoms with van der Waals surface area (Å²) < 4.78 is 5.97. The predicted octanol–water partition coefficient (Wildman–Crippen LogP) is 3.22. The largest absolute Gasteiger partial charge is 0.377 e. The SMILES string of the molecule is CCNC(COC(C)C(C)C)C1CCCC1. The van der Waals surface area contributed by atoms with E-state index in [9.17, 15) is 0 Å². The Balaban J connectivity index is 2.32. The van der Waals surface area contributed by atoms with E-state index in [0.29, 0.717) is 18.1 Å². The molecule has 2 heteroatoms. The molecule has 1 rings (SSSR count). The van der Waals surface area contributed by atoms with E-state index in [1.165, 1.54) is 25.7 Å². The first-order valence-electron chi connectivity index (χ1n) is 7.00. The van der Waals surface area contributed by atoms with Crippen molar-refractivity contribution in [2.75, 3.05) is 13.2 Å². The van der Waals surface area contributed by atoms with Crippen molar-refractivity contribution in [3.05, 3.63) is 0 Å². The van der Waals surface area contributed by atoms with Crippen molar-refractivity contribution in [3.63, 3.8) is 0 Å². The van der Waals surface area contributed by atoms with Gasteiger partial charge in [0.1, 0.15) is 0 Å². The topological polar surface area (TPSA) is 21.3 Å². The highest BCUT2D eigenvalue weighted by Gasteiger charge is 2.25. The summed E-state index contributed by atoms with van der Waals surface area (Å²) >= 11 is 0. The van der Waals surface area contributed by atoms with Crippen molar-refractivity contribution in [2.45, 2.75) is 65.5 Å². The van der Waals surface area contributed by atoms with Crippen LogP contribution in [0.5, 0.6) is 0 Å². The zero-order chi connectivity index (χ0) is 12.0. The second-order valence-corrected chi connectivity index (χ2v) is 5.49. The van der Waals surface area contributed by atoms with E-state index in [4.69, 9.17) is 4.74 Å². The number of ether oxygens (including phenoxy) is 1. The quantitative estimate of drug-likeness (QED) is 0.721.